The molecule has 0 aliphatic rings. The van der Waals surface area contributed by atoms with E-state index in [1.54, 1.807) is 18.3 Å². The SMILES string of the molecule is Cc1nc(C(=O)Nc2nnc(-c3ccsc3)s2)co1. The Morgan fingerprint density at radius 1 is 1.42 bits per heavy atom. The number of oxazole rings is 1. The number of hydrogen-bond acceptors (Lipinski definition) is 7. The molecule has 96 valence electrons. The van der Waals surface area contributed by atoms with Gasteiger partial charge in [0.05, 0.1) is 0 Å². The molecule has 3 heterocycles. The van der Waals surface area contributed by atoms with Gasteiger partial charge in [0.2, 0.25) is 5.13 Å². The fourth-order valence-corrected chi connectivity index (χ4v) is 2.86. The monoisotopic (exact) mass is 292 g/mol. The van der Waals surface area contributed by atoms with E-state index in [9.17, 15) is 4.79 Å². The molecule has 6 nitrogen and oxygen atoms in total. The number of thiophene rings is 1. The number of amides is 1. The second-order valence-corrected chi connectivity index (χ2v) is 5.39. The van der Waals surface area contributed by atoms with Gasteiger partial charge in [0, 0.05) is 17.9 Å². The molecule has 0 saturated heterocycles. The molecule has 0 unspecified atom stereocenters. The molecule has 0 aliphatic heterocycles. The predicted molar refractivity (Wildman–Crippen MR) is 72.4 cm³/mol. The van der Waals surface area contributed by atoms with Crippen molar-refractivity contribution in [1.29, 1.82) is 0 Å². The fourth-order valence-electron chi connectivity index (χ4n) is 1.41. The van der Waals surface area contributed by atoms with Crippen molar-refractivity contribution in [2.45, 2.75) is 6.92 Å². The minimum Gasteiger partial charge on any atom is -0.448 e. The van der Waals surface area contributed by atoms with Gasteiger partial charge in [0.25, 0.3) is 5.91 Å². The third kappa shape index (κ3) is 2.54. The smallest absolute Gasteiger partial charge is 0.279 e. The van der Waals surface area contributed by atoms with Gasteiger partial charge >= 0.3 is 0 Å². The van der Waals surface area contributed by atoms with Gasteiger partial charge in [-0.1, -0.05) is 11.3 Å². The summed E-state index contributed by atoms with van der Waals surface area (Å²) in [6.45, 7) is 1.68. The molecule has 0 bridgehead atoms. The first-order valence-corrected chi connectivity index (χ1v) is 7.08. The Bertz CT molecular complexity index is 702. The zero-order valence-electron chi connectivity index (χ0n) is 9.78. The topological polar surface area (TPSA) is 80.9 Å². The van der Waals surface area contributed by atoms with Gasteiger partial charge < -0.3 is 4.42 Å². The summed E-state index contributed by atoms with van der Waals surface area (Å²) in [6.07, 6.45) is 1.31. The molecular weight excluding hydrogens is 284 g/mol. The summed E-state index contributed by atoms with van der Waals surface area (Å²) >= 11 is 2.90. The Morgan fingerprint density at radius 3 is 3.00 bits per heavy atom. The number of rotatable bonds is 3. The Kier molecular flexibility index (Phi) is 3.10. The van der Waals surface area contributed by atoms with Crippen LogP contribution in [0.15, 0.2) is 27.5 Å². The average Bonchev–Trinajstić information content (AvgIpc) is 3.07. The Hall–Kier alpha value is -2.06. The molecule has 0 spiro atoms. The molecule has 1 amide bonds. The lowest BCUT2D eigenvalue weighted by Crippen LogP contribution is -2.12. The highest BCUT2D eigenvalue weighted by molar-refractivity contribution is 7.19. The minimum atomic E-state index is -0.357. The number of anilines is 1. The standard InChI is InChI=1S/C11H8N4O2S2/c1-6-12-8(4-17-6)9(16)13-11-15-14-10(19-11)7-2-3-18-5-7/h2-5H,1H3,(H,13,15,16). The maximum Gasteiger partial charge on any atom is 0.279 e. The molecule has 0 saturated carbocycles. The third-order valence-corrected chi connectivity index (χ3v) is 3.84. The molecule has 3 aromatic rings. The van der Waals surface area contributed by atoms with Crippen LogP contribution in [0.3, 0.4) is 0 Å². The maximum atomic E-state index is 11.8. The second-order valence-electron chi connectivity index (χ2n) is 3.63. The average molecular weight is 292 g/mol. The summed E-state index contributed by atoms with van der Waals surface area (Å²) in [6, 6.07) is 1.96. The van der Waals surface area contributed by atoms with Crippen LogP contribution in [0.25, 0.3) is 10.6 Å². The van der Waals surface area contributed by atoms with Crippen molar-refractivity contribution in [2.24, 2.45) is 0 Å². The van der Waals surface area contributed by atoms with E-state index in [0.717, 1.165) is 10.6 Å². The molecule has 0 radical (unpaired) electrons. The van der Waals surface area contributed by atoms with Crippen LogP contribution >= 0.6 is 22.7 Å². The highest BCUT2D eigenvalue weighted by Crippen LogP contribution is 2.27. The van der Waals surface area contributed by atoms with E-state index in [0.29, 0.717) is 11.0 Å². The molecule has 0 aromatic carbocycles. The lowest BCUT2D eigenvalue weighted by molar-refractivity contribution is 0.102. The van der Waals surface area contributed by atoms with E-state index in [2.05, 4.69) is 20.5 Å². The second kappa shape index (κ2) is 4.90. The largest absolute Gasteiger partial charge is 0.448 e. The number of aryl methyl sites for hydroxylation is 1. The maximum absolute atomic E-state index is 11.8. The summed E-state index contributed by atoms with van der Waals surface area (Å²) < 4.78 is 4.98. The quantitative estimate of drug-likeness (QED) is 0.802. The molecule has 19 heavy (non-hydrogen) atoms. The number of carbonyl (C=O) groups excluding carboxylic acids is 1. The zero-order chi connectivity index (χ0) is 13.2. The van der Waals surface area contributed by atoms with Gasteiger partial charge in [0.1, 0.15) is 11.3 Å². The van der Waals surface area contributed by atoms with E-state index in [4.69, 9.17) is 4.42 Å². The van der Waals surface area contributed by atoms with Crippen LogP contribution in [0.4, 0.5) is 5.13 Å². The Balaban J connectivity index is 1.76. The van der Waals surface area contributed by atoms with Gasteiger partial charge in [-0.15, -0.1) is 10.2 Å². The van der Waals surface area contributed by atoms with Crippen LogP contribution < -0.4 is 5.32 Å². The molecule has 0 atom stereocenters. The van der Waals surface area contributed by atoms with Crippen molar-refractivity contribution in [3.05, 3.63) is 34.7 Å². The first-order chi connectivity index (χ1) is 9.22. The van der Waals surface area contributed by atoms with Gasteiger partial charge in [-0.25, -0.2) is 4.98 Å². The number of nitrogens with one attached hydrogen (secondary N) is 1. The third-order valence-electron chi connectivity index (χ3n) is 2.27. The predicted octanol–water partition coefficient (Wildman–Crippen LogP) is 2.82. The van der Waals surface area contributed by atoms with Crippen molar-refractivity contribution in [3.63, 3.8) is 0 Å². The van der Waals surface area contributed by atoms with Gasteiger partial charge in [0.15, 0.2) is 11.6 Å². The molecule has 3 rings (SSSR count). The van der Waals surface area contributed by atoms with Crippen molar-refractivity contribution in [1.82, 2.24) is 15.2 Å². The van der Waals surface area contributed by atoms with Crippen molar-refractivity contribution in [2.75, 3.05) is 5.32 Å². The summed E-state index contributed by atoms with van der Waals surface area (Å²) in [7, 11) is 0. The van der Waals surface area contributed by atoms with Crippen LogP contribution in [0.5, 0.6) is 0 Å². The summed E-state index contributed by atoms with van der Waals surface area (Å²) in [5.74, 6) is 0.0891. The van der Waals surface area contributed by atoms with Gasteiger partial charge in [-0.05, 0) is 11.4 Å². The fraction of sp³-hybridized carbons (Fsp3) is 0.0909. The lowest BCUT2D eigenvalue weighted by atomic mass is 10.4. The Morgan fingerprint density at radius 2 is 2.32 bits per heavy atom. The van der Waals surface area contributed by atoms with E-state index >= 15 is 0 Å². The van der Waals surface area contributed by atoms with Crippen LogP contribution in [0, 0.1) is 6.92 Å². The molecular formula is C11H8N4O2S2. The number of hydrogen-bond donors (Lipinski definition) is 1. The van der Waals surface area contributed by atoms with Crippen molar-refractivity contribution < 1.29 is 9.21 Å². The zero-order valence-corrected chi connectivity index (χ0v) is 11.4. The summed E-state index contributed by atoms with van der Waals surface area (Å²) in [5, 5.41) is 15.7. The summed E-state index contributed by atoms with van der Waals surface area (Å²) in [5.41, 5.74) is 1.23. The van der Waals surface area contributed by atoms with Crippen molar-refractivity contribution >= 4 is 33.7 Å². The number of carbonyl (C=O) groups is 1. The number of aromatic nitrogens is 3. The Labute approximate surface area is 116 Å². The summed E-state index contributed by atoms with van der Waals surface area (Å²) in [4.78, 5) is 15.8. The molecule has 3 aromatic heterocycles. The van der Waals surface area contributed by atoms with E-state index in [1.807, 2.05) is 16.8 Å². The lowest BCUT2D eigenvalue weighted by Gasteiger charge is -1.94. The van der Waals surface area contributed by atoms with Crippen LogP contribution in [0.2, 0.25) is 0 Å². The highest BCUT2D eigenvalue weighted by atomic mass is 32.1. The van der Waals surface area contributed by atoms with Gasteiger partial charge in [-0.2, -0.15) is 11.3 Å². The normalized spacial score (nSPS) is 10.6. The minimum absolute atomic E-state index is 0.227. The van der Waals surface area contributed by atoms with E-state index in [-0.39, 0.29) is 11.6 Å². The van der Waals surface area contributed by atoms with E-state index in [1.165, 1.54) is 17.6 Å². The highest BCUT2D eigenvalue weighted by Gasteiger charge is 2.14. The van der Waals surface area contributed by atoms with Crippen molar-refractivity contribution in [3.8, 4) is 10.6 Å². The van der Waals surface area contributed by atoms with E-state index < -0.39 is 0 Å². The van der Waals surface area contributed by atoms with Crippen LogP contribution in [0.1, 0.15) is 16.4 Å². The molecule has 0 aliphatic carbocycles. The van der Waals surface area contributed by atoms with Crippen LogP contribution in [-0.4, -0.2) is 21.1 Å². The molecule has 0 fully saturated rings. The van der Waals surface area contributed by atoms with Gasteiger partial charge in [-0.3, -0.25) is 10.1 Å². The number of nitrogens with zero attached hydrogens (tertiary/aromatic N) is 3. The molecule has 1 N–H and O–H groups in total. The first kappa shape index (κ1) is 12.0. The molecule has 8 heteroatoms. The first-order valence-electron chi connectivity index (χ1n) is 5.32. The van der Waals surface area contributed by atoms with Crippen LogP contribution in [-0.2, 0) is 0 Å².